The van der Waals surface area contributed by atoms with Crippen LogP contribution in [0.2, 0.25) is 0 Å². The molecule has 0 radical (unpaired) electrons. The quantitative estimate of drug-likeness (QED) is 0.471. The molecule has 1 aliphatic heterocycles. The van der Waals surface area contributed by atoms with Gasteiger partial charge in [-0.05, 0) is 31.5 Å². The van der Waals surface area contributed by atoms with E-state index >= 15 is 0 Å². The van der Waals surface area contributed by atoms with Crippen LogP contribution in [0.15, 0.2) is 11.8 Å². The van der Waals surface area contributed by atoms with Crippen molar-refractivity contribution >= 4 is 0 Å². The van der Waals surface area contributed by atoms with Gasteiger partial charge in [0.25, 0.3) is 0 Å². The molecule has 1 saturated heterocycles. The maximum Gasteiger partial charge on any atom is 0.127 e. The predicted octanol–water partition coefficient (Wildman–Crippen LogP) is -0.0440. The molecule has 0 amide bonds. The van der Waals surface area contributed by atoms with Gasteiger partial charge in [0.1, 0.15) is 6.23 Å². The summed E-state index contributed by atoms with van der Waals surface area (Å²) in [5.41, 5.74) is 3.06. The first-order valence-corrected chi connectivity index (χ1v) is 4.81. The number of aliphatic hydroxyl groups excluding tert-OH is 1. The Morgan fingerprint density at radius 2 is 2.36 bits per heavy atom. The molecule has 14 heavy (non-hydrogen) atoms. The Morgan fingerprint density at radius 3 is 2.93 bits per heavy atom. The van der Waals surface area contributed by atoms with E-state index in [1.165, 1.54) is 0 Å². The summed E-state index contributed by atoms with van der Waals surface area (Å²) in [7, 11) is 0. The van der Waals surface area contributed by atoms with Crippen molar-refractivity contribution in [3.05, 3.63) is 11.8 Å². The van der Waals surface area contributed by atoms with Crippen molar-refractivity contribution in [3.8, 4) is 0 Å². The van der Waals surface area contributed by atoms with Crippen molar-refractivity contribution in [3.63, 3.8) is 0 Å². The lowest BCUT2D eigenvalue weighted by Gasteiger charge is -2.12. The van der Waals surface area contributed by atoms with Gasteiger partial charge >= 0.3 is 0 Å². The zero-order chi connectivity index (χ0) is 10.4. The second-order valence-electron chi connectivity index (χ2n) is 3.50. The van der Waals surface area contributed by atoms with Gasteiger partial charge in [-0.25, -0.2) is 5.48 Å². The molecule has 1 unspecified atom stereocenters. The third-order valence-corrected chi connectivity index (χ3v) is 2.18. The lowest BCUT2D eigenvalue weighted by atomic mass is 10.2. The molecule has 1 aliphatic rings. The number of aliphatic hydroxyl groups is 1. The summed E-state index contributed by atoms with van der Waals surface area (Å²) in [5, 5.41) is 20.3. The Kier molecular flexibility index (Phi) is 4.89. The van der Waals surface area contributed by atoms with Crippen LogP contribution in [0.3, 0.4) is 0 Å². The van der Waals surface area contributed by atoms with Crippen molar-refractivity contribution < 1.29 is 15.1 Å². The van der Waals surface area contributed by atoms with Crippen molar-refractivity contribution in [2.24, 2.45) is 0 Å². The highest BCUT2D eigenvalue weighted by atomic mass is 16.5. The number of nitrogens with one attached hydrogen (secondary N) is 2. The van der Waals surface area contributed by atoms with E-state index in [-0.39, 0.29) is 18.9 Å². The summed E-state index contributed by atoms with van der Waals surface area (Å²) in [6, 6.07) is 0. The minimum Gasteiger partial charge on any atom is -0.394 e. The van der Waals surface area contributed by atoms with Gasteiger partial charge < -0.3 is 20.4 Å². The summed E-state index contributed by atoms with van der Waals surface area (Å²) >= 11 is 0. The molecule has 0 aliphatic carbocycles. The number of hydrogen-bond acceptors (Lipinski definition) is 5. The molecule has 5 heteroatoms. The van der Waals surface area contributed by atoms with Gasteiger partial charge in [-0.1, -0.05) is 0 Å². The molecule has 1 heterocycles. The molecular formula is C9H18N2O3. The van der Waals surface area contributed by atoms with E-state index in [4.69, 9.17) is 15.1 Å². The van der Waals surface area contributed by atoms with E-state index in [1.807, 2.05) is 13.1 Å². The summed E-state index contributed by atoms with van der Waals surface area (Å²) < 4.78 is 5.45. The molecule has 5 nitrogen and oxygen atoms in total. The first kappa shape index (κ1) is 11.5. The van der Waals surface area contributed by atoms with Crippen LogP contribution in [0.4, 0.5) is 0 Å². The number of hydrogen-bond donors (Lipinski definition) is 4. The molecule has 0 aromatic heterocycles. The molecule has 0 saturated carbocycles. The summed E-state index contributed by atoms with van der Waals surface area (Å²) in [6.07, 6.45) is 3.56. The Labute approximate surface area is 83.7 Å². The number of hydroxylamine groups is 1. The van der Waals surface area contributed by atoms with Crippen LogP contribution in [0, 0.1) is 0 Å². The van der Waals surface area contributed by atoms with Crippen LogP contribution in [0.5, 0.6) is 0 Å². The molecule has 0 bridgehead atoms. The maximum absolute atomic E-state index is 8.83. The van der Waals surface area contributed by atoms with E-state index in [9.17, 15) is 0 Å². The summed E-state index contributed by atoms with van der Waals surface area (Å²) in [5.74, 6) is 0. The number of rotatable bonds is 5. The van der Waals surface area contributed by atoms with Crippen LogP contribution in [0.1, 0.15) is 19.8 Å². The van der Waals surface area contributed by atoms with Crippen LogP contribution in [-0.2, 0) is 4.74 Å². The smallest absolute Gasteiger partial charge is 0.127 e. The largest absolute Gasteiger partial charge is 0.394 e. The van der Waals surface area contributed by atoms with Gasteiger partial charge in [0, 0.05) is 6.54 Å². The van der Waals surface area contributed by atoms with Crippen LogP contribution in [-0.4, -0.2) is 35.8 Å². The predicted molar refractivity (Wildman–Crippen MR) is 51.7 cm³/mol. The molecule has 0 spiro atoms. The van der Waals surface area contributed by atoms with Crippen molar-refractivity contribution in [1.29, 1.82) is 0 Å². The zero-order valence-corrected chi connectivity index (χ0v) is 8.36. The molecule has 4 N–H and O–H groups in total. The number of ether oxygens (including phenoxy) is 1. The SMILES string of the molecule is C/C(=C/NC1CC[C@@H](CO)O1)CNO. The second kappa shape index (κ2) is 5.98. The van der Waals surface area contributed by atoms with Gasteiger partial charge in [-0.15, -0.1) is 0 Å². The summed E-state index contributed by atoms with van der Waals surface area (Å²) in [4.78, 5) is 0. The molecule has 0 aromatic carbocycles. The van der Waals surface area contributed by atoms with Crippen LogP contribution in [0.25, 0.3) is 0 Å². The third-order valence-electron chi connectivity index (χ3n) is 2.18. The van der Waals surface area contributed by atoms with Crippen LogP contribution < -0.4 is 10.8 Å². The normalized spacial score (nSPS) is 28.1. The first-order valence-electron chi connectivity index (χ1n) is 4.81. The second-order valence-corrected chi connectivity index (χ2v) is 3.50. The van der Waals surface area contributed by atoms with E-state index in [2.05, 4.69) is 10.8 Å². The van der Waals surface area contributed by atoms with Gasteiger partial charge in [0.05, 0.1) is 12.7 Å². The van der Waals surface area contributed by atoms with Crippen molar-refractivity contribution in [2.75, 3.05) is 13.2 Å². The lowest BCUT2D eigenvalue weighted by Crippen LogP contribution is -2.26. The van der Waals surface area contributed by atoms with Gasteiger partial charge in [0.2, 0.25) is 0 Å². The van der Waals surface area contributed by atoms with E-state index in [1.54, 1.807) is 0 Å². The summed E-state index contributed by atoms with van der Waals surface area (Å²) in [6.45, 7) is 2.41. The molecule has 0 aromatic rings. The van der Waals surface area contributed by atoms with Crippen molar-refractivity contribution in [1.82, 2.24) is 10.8 Å². The van der Waals surface area contributed by atoms with E-state index in [0.29, 0.717) is 6.54 Å². The maximum atomic E-state index is 8.83. The Balaban J connectivity index is 2.22. The first-order chi connectivity index (χ1) is 6.76. The highest BCUT2D eigenvalue weighted by Gasteiger charge is 2.23. The molecule has 82 valence electrons. The lowest BCUT2D eigenvalue weighted by molar-refractivity contribution is 0.00304. The van der Waals surface area contributed by atoms with E-state index in [0.717, 1.165) is 18.4 Å². The Bertz CT molecular complexity index is 196. The fraction of sp³-hybridized carbons (Fsp3) is 0.778. The minimum atomic E-state index is -0.0304. The standard InChI is InChI=1S/C9H18N2O3/c1-7(5-11-13)4-10-9-3-2-8(6-12)14-9/h4,8-13H,2-3,5-6H2,1H3/b7-4-/t8-,9?/m0/s1. The zero-order valence-electron chi connectivity index (χ0n) is 8.36. The van der Waals surface area contributed by atoms with Gasteiger partial charge in [-0.3, -0.25) is 0 Å². The molecule has 1 rings (SSSR count). The molecule has 1 fully saturated rings. The van der Waals surface area contributed by atoms with Crippen molar-refractivity contribution in [2.45, 2.75) is 32.1 Å². The van der Waals surface area contributed by atoms with Gasteiger partial charge in [-0.2, -0.15) is 0 Å². The minimum absolute atomic E-state index is 0.0132. The third kappa shape index (κ3) is 3.63. The Morgan fingerprint density at radius 1 is 1.57 bits per heavy atom. The van der Waals surface area contributed by atoms with E-state index < -0.39 is 0 Å². The fourth-order valence-corrected chi connectivity index (χ4v) is 1.37. The highest BCUT2D eigenvalue weighted by Crippen LogP contribution is 2.17. The van der Waals surface area contributed by atoms with Crippen LogP contribution >= 0.6 is 0 Å². The Hall–Kier alpha value is -0.620. The average molecular weight is 202 g/mol. The monoisotopic (exact) mass is 202 g/mol. The fourth-order valence-electron chi connectivity index (χ4n) is 1.37. The highest BCUT2D eigenvalue weighted by molar-refractivity contribution is 4.98. The topological polar surface area (TPSA) is 73.8 Å². The molecular weight excluding hydrogens is 184 g/mol. The average Bonchev–Trinajstić information content (AvgIpc) is 2.63. The van der Waals surface area contributed by atoms with Gasteiger partial charge in [0.15, 0.2) is 0 Å². The molecule has 2 atom stereocenters.